The lowest BCUT2D eigenvalue weighted by atomic mass is 10.1. The van der Waals surface area contributed by atoms with Crippen molar-refractivity contribution >= 4 is 11.6 Å². The molecule has 0 aliphatic carbocycles. The second-order valence-corrected chi connectivity index (χ2v) is 31.6. The van der Waals surface area contributed by atoms with Gasteiger partial charge in [-0.05, 0) is 232 Å². The molecule has 0 aliphatic rings. The number of pyridine rings is 10. The average molecular weight is 1990 g/mol. The fourth-order valence-electron chi connectivity index (χ4n) is 13.2. The molecule has 22 rings (SSSR count). The summed E-state index contributed by atoms with van der Waals surface area (Å²) in [4.78, 5) is 75.2. The summed E-state index contributed by atoms with van der Waals surface area (Å²) in [6.07, 6.45) is 41.8. The third-order valence-electron chi connectivity index (χ3n) is 20.0. The number of hydrogen-bond donors (Lipinski definition) is 0. The summed E-state index contributed by atoms with van der Waals surface area (Å²) in [5.41, 5.74) is 21.7. The fourth-order valence-corrected chi connectivity index (χ4v) is 13.4. The van der Waals surface area contributed by atoms with E-state index >= 15 is 0 Å². The van der Waals surface area contributed by atoms with Gasteiger partial charge >= 0.3 is 0 Å². The quantitative estimate of drug-likeness (QED) is 0.110. The summed E-state index contributed by atoms with van der Waals surface area (Å²) in [5, 5.41) is 56.0. The Morgan fingerprint density at radius 1 is 0.286 bits per heavy atom. The third-order valence-corrected chi connectivity index (χ3v) is 20.3. The van der Waals surface area contributed by atoms with Crippen LogP contribution in [0.25, 0.3) is 91.4 Å². The van der Waals surface area contributed by atoms with Gasteiger partial charge in [0.1, 0.15) is 51.8 Å². The first kappa shape index (κ1) is 108. The Balaban J connectivity index is 0.000000154. The van der Waals surface area contributed by atoms with E-state index < -0.39 is 0 Å². The van der Waals surface area contributed by atoms with Crippen LogP contribution in [-0.4, -0.2) is 187 Å². The highest BCUT2D eigenvalue weighted by Gasteiger charge is 2.15. The Morgan fingerprint density at radius 3 is 1.19 bits per heavy atom. The smallest absolute Gasteiger partial charge is 0.266 e. The molecular formula is C105H104ClF3N36O2. The first-order valence-electron chi connectivity index (χ1n) is 44.8. The maximum atomic E-state index is 12.8. The van der Waals surface area contributed by atoms with Gasteiger partial charge in [-0.1, -0.05) is 85.8 Å². The van der Waals surface area contributed by atoms with Crippen LogP contribution in [0.5, 0.6) is 5.75 Å². The van der Waals surface area contributed by atoms with E-state index in [2.05, 4.69) is 181 Å². The van der Waals surface area contributed by atoms with Crippen molar-refractivity contribution in [2.24, 2.45) is 0 Å². The minimum absolute atomic E-state index is 0. The Labute approximate surface area is 850 Å². The molecule has 22 aromatic rings. The van der Waals surface area contributed by atoms with E-state index in [4.69, 9.17) is 20.8 Å². The van der Waals surface area contributed by atoms with E-state index in [1.165, 1.54) is 49.9 Å². The van der Waals surface area contributed by atoms with Crippen LogP contribution in [0.1, 0.15) is 92.2 Å². The van der Waals surface area contributed by atoms with E-state index in [1.807, 2.05) is 186 Å². The summed E-state index contributed by atoms with van der Waals surface area (Å²) in [6, 6.07) is 49.6. The minimum atomic E-state index is -0.373. The number of methoxy groups -OCH3 is 1. The maximum absolute atomic E-state index is 12.8. The zero-order valence-corrected chi connectivity index (χ0v) is 83.2. The normalized spacial score (nSPS) is 10.1. The lowest BCUT2D eigenvalue weighted by Crippen LogP contribution is -2.04. The van der Waals surface area contributed by atoms with Crippen LogP contribution in [-0.2, 0) is 0 Å². The molecular weight excluding hydrogens is 1890 g/mol. The molecule has 0 saturated heterocycles. The van der Waals surface area contributed by atoms with Gasteiger partial charge in [-0.3, -0.25) is 24.9 Å². The number of aromatic nitrogens is 36. The maximum Gasteiger partial charge on any atom is 0.266 e. The molecule has 0 N–H and O–H groups in total. The summed E-state index contributed by atoms with van der Waals surface area (Å²) >= 11 is 5.77. The molecule has 0 aliphatic heterocycles. The molecule has 0 saturated carbocycles. The summed E-state index contributed by atoms with van der Waals surface area (Å²) in [5.74, 6) is 4.48. The van der Waals surface area contributed by atoms with Crippen LogP contribution >= 0.6 is 11.6 Å². The van der Waals surface area contributed by atoms with Gasteiger partial charge in [0.05, 0.1) is 134 Å². The van der Waals surface area contributed by atoms with Gasteiger partial charge in [0, 0.05) is 108 Å². The van der Waals surface area contributed by atoms with Crippen molar-refractivity contribution in [3.05, 3.63) is 426 Å². The zero-order chi connectivity index (χ0) is 104. The van der Waals surface area contributed by atoms with Gasteiger partial charge in [0.25, 0.3) is 5.89 Å². The van der Waals surface area contributed by atoms with Gasteiger partial charge in [-0.25, -0.2) is 68.0 Å². The molecule has 744 valence electrons. The highest BCUT2D eigenvalue weighted by molar-refractivity contribution is 6.30. The second-order valence-electron chi connectivity index (χ2n) is 31.2. The predicted molar refractivity (Wildman–Crippen MR) is 549 cm³/mol. The van der Waals surface area contributed by atoms with Gasteiger partial charge in [0.15, 0.2) is 29.1 Å². The molecule has 0 unspecified atom stereocenters. The van der Waals surface area contributed by atoms with Crippen molar-refractivity contribution in [2.75, 3.05) is 7.11 Å². The van der Waals surface area contributed by atoms with Crippen molar-refractivity contribution in [3.63, 3.8) is 0 Å². The molecule has 0 radical (unpaired) electrons. The van der Waals surface area contributed by atoms with E-state index in [9.17, 15) is 13.2 Å². The summed E-state index contributed by atoms with van der Waals surface area (Å²) in [7, 11) is 1.61. The highest BCUT2D eigenvalue weighted by atomic mass is 35.5. The van der Waals surface area contributed by atoms with Gasteiger partial charge in [0.2, 0.25) is 5.89 Å². The Bertz CT molecular complexity index is 7370. The van der Waals surface area contributed by atoms with Gasteiger partial charge in [-0.15, -0.1) is 34.2 Å². The molecule has 20 heterocycles. The molecule has 147 heavy (non-hydrogen) atoms. The van der Waals surface area contributed by atoms with Gasteiger partial charge in [-0.2, -0.15) is 66.0 Å². The average Bonchev–Trinajstić information content (AvgIpc) is 1.72. The standard InChI is InChI=1S/C12H12N2.C12H11N.C11H11N3.C10H8FN3.C9H8FN3O.C9H10N4O.C9H10N4.C8H7ClN4.C8H7FN4.2C8H8N4.CH4/c1-9-8-13-10(2)14-12(9)11-6-4-3-5-7-11;1-10-12(8-5-9-13-10)11-6-3-2-4-7-11;1-8-4-5-10(9(2)14-8)11-12-6-3-7-13-11;1-7-5-8(11)6-14-9(7)10-12-3-2-4-13-10;1-5-3-7(10)4-11-8(5)9-13-12-6(2)14-9;1-7-5-8(14-2)6-10-9(7)13-11-3-4-12-13;1-7-3-4-9(8(2)12-7)13-10-5-6-11-13;2*1-6-4-7(9)5-10-8(6)13-11-2-3-12-13;1-7-6-9-3-2-8(7)12-10-4-5-11-12;1-7-8(3-2-4-9-7)12-10-5-6-11-12;/h3-8H,1-2H3;2-9H,1H3;3-7H,1-2H3;2-6H,1H3;3-4H,1-2H3;3-6H,1-2H3;3-6H,1-2H3;2*2-5H,1H3;2*2-6H,1H3;1H4. The Morgan fingerprint density at radius 2 is 0.721 bits per heavy atom. The van der Waals surface area contributed by atoms with Crippen molar-refractivity contribution in [2.45, 2.75) is 111 Å². The molecule has 20 aromatic heterocycles. The van der Waals surface area contributed by atoms with E-state index in [1.54, 1.807) is 191 Å². The molecule has 0 spiro atoms. The lowest BCUT2D eigenvalue weighted by Gasteiger charge is -2.04. The molecule has 0 amide bonds. The van der Waals surface area contributed by atoms with Crippen molar-refractivity contribution < 1.29 is 22.3 Å². The molecule has 2 aromatic carbocycles. The second kappa shape index (κ2) is 55.3. The molecule has 42 heteroatoms. The number of benzene rings is 2. The fraction of sp³-hybridized carbons (Fsp3) is 0.162. The molecule has 0 bridgehead atoms. The van der Waals surface area contributed by atoms with Gasteiger partial charge < -0.3 is 9.15 Å². The summed E-state index contributed by atoms with van der Waals surface area (Å²) in [6.45, 7) is 28.6. The summed E-state index contributed by atoms with van der Waals surface area (Å²) < 4.78 is 48.4. The third kappa shape index (κ3) is 32.5. The van der Waals surface area contributed by atoms with Crippen LogP contribution in [0, 0.1) is 121 Å². The predicted octanol–water partition coefficient (Wildman–Crippen LogP) is 19.4. The minimum Gasteiger partial charge on any atom is -0.495 e. The van der Waals surface area contributed by atoms with Crippen LogP contribution in [0.15, 0.2) is 323 Å². The van der Waals surface area contributed by atoms with Crippen LogP contribution in [0.4, 0.5) is 13.2 Å². The molecule has 0 fully saturated rings. The van der Waals surface area contributed by atoms with E-state index in [0.717, 1.165) is 131 Å². The number of halogens is 4. The Hall–Kier alpha value is -19.0. The first-order chi connectivity index (χ1) is 70.7. The number of nitrogens with zero attached hydrogens (tertiary/aromatic N) is 36. The van der Waals surface area contributed by atoms with Crippen LogP contribution in [0.3, 0.4) is 0 Å². The van der Waals surface area contributed by atoms with Crippen LogP contribution < -0.4 is 4.74 Å². The van der Waals surface area contributed by atoms with Crippen LogP contribution in [0.2, 0.25) is 5.02 Å². The molecule has 38 nitrogen and oxygen atoms in total. The topological polar surface area (TPSA) is 439 Å². The number of ether oxygens (including phenoxy) is 1. The molecule has 0 atom stereocenters. The number of aryl methyl sites for hydroxylation is 15. The SMILES string of the molecule is C.COc1cnc(-n2nccn2)c(C)c1.Cc1cc(Cl)cnc1-n1nccn1.Cc1cc(F)cnc1-c1ncccn1.Cc1cc(F)cnc1-n1nccn1.Cc1ccc(-c2ncccn2)c(C)n1.Cc1ccc(-n2nccn2)c(C)n1.Cc1cnccc1-n1nccn1.Cc1ncc(C)c(-c2ccccc2)n1.Cc1ncccc1-c1ccccc1.Cc1ncccc1-n1nccn1.Cc1nnc(-c2ncc(F)cc2C)o1. The van der Waals surface area contributed by atoms with Crippen molar-refractivity contribution in [1.82, 2.24) is 180 Å². The zero-order valence-electron chi connectivity index (χ0n) is 82.5. The first-order valence-corrected chi connectivity index (χ1v) is 45.2. The van der Waals surface area contributed by atoms with E-state index in [0.29, 0.717) is 56.8 Å². The monoisotopic (exact) mass is 1990 g/mol. The number of rotatable bonds is 12. The highest BCUT2D eigenvalue weighted by Crippen LogP contribution is 2.26. The van der Waals surface area contributed by atoms with E-state index in [-0.39, 0.29) is 24.9 Å². The Kier molecular flexibility index (Phi) is 40.8. The lowest BCUT2D eigenvalue weighted by molar-refractivity contribution is 0.412. The van der Waals surface area contributed by atoms with Crippen molar-refractivity contribution in [3.8, 4) is 97.1 Å². The van der Waals surface area contributed by atoms with Crippen molar-refractivity contribution in [1.29, 1.82) is 0 Å². The number of hydrogen-bond acceptors (Lipinski definition) is 32. The largest absolute Gasteiger partial charge is 0.495 e.